The van der Waals surface area contributed by atoms with Gasteiger partial charge in [-0.3, -0.25) is 4.79 Å². The number of hydrogen-bond donors (Lipinski definition) is 0. The number of thioether (sulfide) groups is 1. The number of piperidine rings is 1. The molecule has 1 aromatic heterocycles. The van der Waals surface area contributed by atoms with Crippen molar-refractivity contribution >= 4 is 17.7 Å². The molecule has 2 aromatic carbocycles. The molecule has 0 radical (unpaired) electrons. The fourth-order valence-electron chi connectivity index (χ4n) is 3.68. The molecule has 1 unspecified atom stereocenters. The minimum absolute atomic E-state index is 0.153. The van der Waals surface area contributed by atoms with Gasteiger partial charge in [-0.15, -0.1) is 10.2 Å². The van der Waals surface area contributed by atoms with Crippen LogP contribution in [0.25, 0.3) is 11.4 Å². The zero-order valence-electron chi connectivity index (χ0n) is 17.3. The summed E-state index contributed by atoms with van der Waals surface area (Å²) in [5.74, 6) is 1.71. The number of hydrogen-bond acceptors (Lipinski definition) is 5. The van der Waals surface area contributed by atoms with E-state index in [0.717, 1.165) is 53.8 Å². The summed E-state index contributed by atoms with van der Waals surface area (Å²) in [7, 11) is 3.59. The van der Waals surface area contributed by atoms with E-state index in [1.54, 1.807) is 7.11 Å². The lowest BCUT2D eigenvalue weighted by Crippen LogP contribution is -2.38. The second kappa shape index (κ2) is 9.34. The van der Waals surface area contributed by atoms with Crippen LogP contribution in [0.4, 0.5) is 0 Å². The quantitative estimate of drug-likeness (QED) is 0.553. The normalized spacial score (nSPS) is 15.1. The first-order chi connectivity index (χ1) is 14.7. The summed E-state index contributed by atoms with van der Waals surface area (Å²) in [4.78, 5) is 15.4. The van der Waals surface area contributed by atoms with Crippen LogP contribution in [0.1, 0.15) is 30.1 Å². The highest BCUT2D eigenvalue weighted by Crippen LogP contribution is 2.37. The van der Waals surface area contributed by atoms with Crippen LogP contribution in [0.2, 0.25) is 0 Å². The molecule has 0 N–H and O–H groups in total. The number of carbonyl (C=O) groups excluding carboxylic acids is 1. The Hall–Kier alpha value is -2.80. The molecular formula is C23H26N4O2S. The summed E-state index contributed by atoms with van der Waals surface area (Å²) in [6.07, 6.45) is 3.34. The van der Waals surface area contributed by atoms with Crippen LogP contribution < -0.4 is 4.74 Å². The largest absolute Gasteiger partial charge is 0.497 e. The molecule has 1 amide bonds. The molecule has 0 aliphatic carbocycles. The second-order valence-corrected chi connectivity index (χ2v) is 8.46. The molecule has 3 aromatic rings. The van der Waals surface area contributed by atoms with Gasteiger partial charge < -0.3 is 14.2 Å². The maximum Gasteiger partial charge on any atom is 0.240 e. The van der Waals surface area contributed by atoms with Crippen LogP contribution >= 0.6 is 11.8 Å². The summed E-state index contributed by atoms with van der Waals surface area (Å²) in [6.45, 7) is 1.66. The summed E-state index contributed by atoms with van der Waals surface area (Å²) in [6, 6.07) is 17.7. The third-order valence-corrected chi connectivity index (χ3v) is 6.68. The number of methoxy groups -OCH3 is 1. The lowest BCUT2D eigenvalue weighted by Gasteiger charge is -2.30. The Labute approximate surface area is 181 Å². The topological polar surface area (TPSA) is 60.3 Å². The van der Waals surface area contributed by atoms with Crippen LogP contribution in [0.3, 0.4) is 0 Å². The van der Waals surface area contributed by atoms with Gasteiger partial charge in [0, 0.05) is 25.7 Å². The monoisotopic (exact) mass is 422 g/mol. The van der Waals surface area contributed by atoms with E-state index in [0.29, 0.717) is 0 Å². The molecule has 0 spiro atoms. The molecule has 1 atom stereocenters. The van der Waals surface area contributed by atoms with E-state index in [1.165, 1.54) is 18.2 Å². The maximum absolute atomic E-state index is 13.4. The average Bonchev–Trinajstić information content (AvgIpc) is 3.18. The average molecular weight is 423 g/mol. The first kappa shape index (κ1) is 20.5. The van der Waals surface area contributed by atoms with E-state index < -0.39 is 0 Å². The predicted molar refractivity (Wildman–Crippen MR) is 118 cm³/mol. The Morgan fingerprint density at radius 2 is 1.70 bits per heavy atom. The lowest BCUT2D eigenvalue weighted by molar-refractivity contribution is -0.131. The van der Waals surface area contributed by atoms with Gasteiger partial charge in [-0.2, -0.15) is 0 Å². The molecule has 30 heavy (non-hydrogen) atoms. The van der Waals surface area contributed by atoms with Gasteiger partial charge in [0.2, 0.25) is 5.91 Å². The van der Waals surface area contributed by atoms with E-state index in [9.17, 15) is 4.79 Å². The molecule has 1 aliphatic heterocycles. The fraction of sp³-hybridized carbons (Fsp3) is 0.348. The fourth-order valence-corrected chi connectivity index (χ4v) is 4.77. The second-order valence-electron chi connectivity index (χ2n) is 7.39. The minimum atomic E-state index is -0.337. The number of ether oxygens (including phenoxy) is 1. The molecule has 1 saturated heterocycles. The number of carbonyl (C=O) groups is 1. The molecule has 1 fully saturated rings. The first-order valence-corrected chi connectivity index (χ1v) is 11.1. The molecular weight excluding hydrogens is 396 g/mol. The number of likely N-dealkylation sites (tertiary alicyclic amines) is 1. The highest BCUT2D eigenvalue weighted by atomic mass is 32.2. The van der Waals surface area contributed by atoms with Crippen molar-refractivity contribution in [1.29, 1.82) is 0 Å². The van der Waals surface area contributed by atoms with Gasteiger partial charge in [0.1, 0.15) is 11.0 Å². The number of nitrogens with zero attached hydrogens (tertiary/aromatic N) is 4. The van der Waals surface area contributed by atoms with Crippen molar-refractivity contribution in [1.82, 2.24) is 19.7 Å². The van der Waals surface area contributed by atoms with Crippen molar-refractivity contribution in [2.75, 3.05) is 20.2 Å². The minimum Gasteiger partial charge on any atom is -0.497 e. The third kappa shape index (κ3) is 4.36. The summed E-state index contributed by atoms with van der Waals surface area (Å²) >= 11 is 1.47. The van der Waals surface area contributed by atoms with Gasteiger partial charge in [0.05, 0.1) is 7.11 Å². The molecule has 0 bridgehead atoms. The van der Waals surface area contributed by atoms with Crippen molar-refractivity contribution in [2.45, 2.75) is 29.7 Å². The zero-order chi connectivity index (χ0) is 20.9. The standard InChI is InChI=1S/C23H26N4O2S/c1-26-21(18-11-13-19(29-2)14-12-18)24-25-23(26)30-20(17-9-5-3-6-10-17)22(28)27-15-7-4-8-16-27/h3,5-6,9-14,20H,4,7-8,15-16H2,1-2H3. The molecule has 1 aliphatic rings. The zero-order valence-corrected chi connectivity index (χ0v) is 18.1. The van der Waals surface area contributed by atoms with Crippen LogP contribution in [0.5, 0.6) is 5.75 Å². The molecule has 7 heteroatoms. The van der Waals surface area contributed by atoms with E-state index in [1.807, 2.05) is 71.1 Å². The van der Waals surface area contributed by atoms with Crippen molar-refractivity contribution in [3.05, 3.63) is 60.2 Å². The molecule has 0 saturated carbocycles. The first-order valence-electron chi connectivity index (χ1n) is 10.2. The third-order valence-electron chi connectivity index (χ3n) is 5.40. The van der Waals surface area contributed by atoms with Gasteiger partial charge >= 0.3 is 0 Å². The molecule has 4 rings (SSSR count). The van der Waals surface area contributed by atoms with Gasteiger partial charge in [0.15, 0.2) is 11.0 Å². The molecule has 156 valence electrons. The Morgan fingerprint density at radius 1 is 1.00 bits per heavy atom. The maximum atomic E-state index is 13.4. The summed E-state index contributed by atoms with van der Waals surface area (Å²) in [5.41, 5.74) is 1.95. The Balaban J connectivity index is 1.61. The van der Waals surface area contributed by atoms with Crippen molar-refractivity contribution in [3.63, 3.8) is 0 Å². The number of rotatable bonds is 6. The molecule has 2 heterocycles. The highest BCUT2D eigenvalue weighted by Gasteiger charge is 2.29. The smallest absolute Gasteiger partial charge is 0.240 e. The van der Waals surface area contributed by atoms with E-state index in [4.69, 9.17) is 4.74 Å². The van der Waals surface area contributed by atoms with Gasteiger partial charge in [-0.05, 0) is 49.1 Å². The van der Waals surface area contributed by atoms with Crippen LogP contribution in [-0.2, 0) is 11.8 Å². The number of benzene rings is 2. The number of amides is 1. The van der Waals surface area contributed by atoms with Crippen molar-refractivity contribution < 1.29 is 9.53 Å². The van der Waals surface area contributed by atoms with Crippen molar-refractivity contribution in [2.24, 2.45) is 7.05 Å². The van der Waals surface area contributed by atoms with Crippen LogP contribution in [0.15, 0.2) is 59.8 Å². The van der Waals surface area contributed by atoms with Crippen LogP contribution in [0, 0.1) is 0 Å². The summed E-state index contributed by atoms with van der Waals surface area (Å²) in [5, 5.41) is 9.17. The molecule has 6 nitrogen and oxygen atoms in total. The van der Waals surface area contributed by atoms with E-state index in [2.05, 4.69) is 10.2 Å². The lowest BCUT2D eigenvalue weighted by atomic mass is 10.1. The van der Waals surface area contributed by atoms with E-state index in [-0.39, 0.29) is 11.2 Å². The predicted octanol–water partition coefficient (Wildman–Crippen LogP) is 4.34. The Bertz CT molecular complexity index is 982. The highest BCUT2D eigenvalue weighted by molar-refractivity contribution is 8.00. The van der Waals surface area contributed by atoms with E-state index >= 15 is 0 Å². The summed E-state index contributed by atoms with van der Waals surface area (Å²) < 4.78 is 7.19. The Morgan fingerprint density at radius 3 is 2.37 bits per heavy atom. The number of aromatic nitrogens is 3. The van der Waals surface area contributed by atoms with Gasteiger partial charge in [0.25, 0.3) is 0 Å². The SMILES string of the molecule is COc1ccc(-c2nnc(SC(C(=O)N3CCCCC3)c3ccccc3)n2C)cc1. The Kier molecular flexibility index (Phi) is 6.38. The van der Waals surface area contributed by atoms with Crippen LogP contribution in [-0.4, -0.2) is 45.8 Å². The van der Waals surface area contributed by atoms with Crippen molar-refractivity contribution in [3.8, 4) is 17.1 Å². The van der Waals surface area contributed by atoms with Gasteiger partial charge in [-0.1, -0.05) is 42.1 Å². The van der Waals surface area contributed by atoms with Gasteiger partial charge in [-0.25, -0.2) is 0 Å².